The molecule has 0 N–H and O–H groups in total. The Morgan fingerprint density at radius 3 is 3.05 bits per heavy atom. The van der Waals surface area contributed by atoms with E-state index in [1.54, 1.807) is 0 Å². The number of nitriles is 1. The molecule has 2 aliphatic rings. The Bertz CT molecular complexity index is 528. The number of aromatic nitrogens is 1. The molecule has 1 aromatic rings. The zero-order valence-electron chi connectivity index (χ0n) is 10.8. The molecule has 2 fully saturated rings. The summed E-state index contributed by atoms with van der Waals surface area (Å²) in [6.45, 7) is 4.39. The summed E-state index contributed by atoms with van der Waals surface area (Å²) < 4.78 is 5.44. The predicted octanol–water partition coefficient (Wildman–Crippen LogP) is 2.59. The summed E-state index contributed by atoms with van der Waals surface area (Å²) in [5, 5.41) is 9.45. The van der Waals surface area contributed by atoms with Crippen molar-refractivity contribution < 1.29 is 4.74 Å². The minimum Gasteiger partial charge on any atom is -0.377 e. The molecule has 1 aliphatic heterocycles. The Morgan fingerprint density at radius 2 is 2.37 bits per heavy atom. The number of rotatable bonds is 2. The molecule has 0 bridgehead atoms. The highest BCUT2D eigenvalue weighted by Crippen LogP contribution is 2.47. The van der Waals surface area contributed by atoms with Crippen molar-refractivity contribution in [1.82, 2.24) is 4.98 Å². The van der Waals surface area contributed by atoms with Gasteiger partial charge in [0.1, 0.15) is 11.0 Å². The topological polar surface area (TPSA) is 49.1 Å². The SMILES string of the molecule is C[C@@H]1COCCN1c1cc(C2CC2C#N)cc(Cl)n1. The van der Waals surface area contributed by atoms with Crippen LogP contribution in [-0.2, 0) is 4.74 Å². The van der Waals surface area contributed by atoms with Crippen LogP contribution in [-0.4, -0.2) is 30.8 Å². The lowest BCUT2D eigenvalue weighted by Gasteiger charge is -2.34. The van der Waals surface area contributed by atoms with Gasteiger partial charge in [0.2, 0.25) is 0 Å². The number of hydrogen-bond acceptors (Lipinski definition) is 4. The third kappa shape index (κ3) is 2.54. The molecule has 1 saturated heterocycles. The van der Waals surface area contributed by atoms with Crippen molar-refractivity contribution in [2.24, 2.45) is 5.92 Å². The summed E-state index contributed by atoms with van der Waals surface area (Å²) in [5.41, 5.74) is 1.14. The second-order valence-electron chi connectivity index (χ2n) is 5.28. The van der Waals surface area contributed by atoms with Crippen molar-refractivity contribution in [2.75, 3.05) is 24.7 Å². The largest absolute Gasteiger partial charge is 0.377 e. The lowest BCUT2D eigenvalue weighted by molar-refractivity contribution is 0.0985. The van der Waals surface area contributed by atoms with Crippen molar-refractivity contribution in [2.45, 2.75) is 25.3 Å². The van der Waals surface area contributed by atoms with E-state index in [0.29, 0.717) is 23.7 Å². The molecule has 100 valence electrons. The van der Waals surface area contributed by atoms with Crippen LogP contribution >= 0.6 is 11.6 Å². The van der Waals surface area contributed by atoms with Crippen molar-refractivity contribution in [3.63, 3.8) is 0 Å². The lowest BCUT2D eigenvalue weighted by atomic mass is 10.1. The van der Waals surface area contributed by atoms with Gasteiger partial charge in [-0.3, -0.25) is 0 Å². The first-order valence-corrected chi connectivity index (χ1v) is 6.98. The number of halogens is 1. The number of anilines is 1. The number of pyridine rings is 1. The summed E-state index contributed by atoms with van der Waals surface area (Å²) >= 11 is 6.13. The van der Waals surface area contributed by atoms with E-state index in [1.165, 1.54) is 0 Å². The highest BCUT2D eigenvalue weighted by Gasteiger charge is 2.39. The number of ether oxygens (including phenoxy) is 1. The van der Waals surface area contributed by atoms with Gasteiger partial charge in [0.05, 0.1) is 31.2 Å². The van der Waals surface area contributed by atoms with Crippen LogP contribution in [0.15, 0.2) is 12.1 Å². The molecule has 3 rings (SSSR count). The van der Waals surface area contributed by atoms with E-state index < -0.39 is 0 Å². The molecule has 2 unspecified atom stereocenters. The van der Waals surface area contributed by atoms with Crippen molar-refractivity contribution in [1.29, 1.82) is 5.26 Å². The fourth-order valence-electron chi connectivity index (χ4n) is 2.64. The van der Waals surface area contributed by atoms with E-state index in [0.717, 1.165) is 31.0 Å². The van der Waals surface area contributed by atoms with E-state index in [9.17, 15) is 0 Å². The third-order valence-electron chi connectivity index (χ3n) is 3.85. The van der Waals surface area contributed by atoms with Crippen LogP contribution in [0.2, 0.25) is 5.15 Å². The fraction of sp³-hybridized carbons (Fsp3) is 0.571. The fourth-order valence-corrected chi connectivity index (χ4v) is 2.85. The molecule has 3 atom stereocenters. The van der Waals surface area contributed by atoms with E-state index in [2.05, 4.69) is 28.9 Å². The molecule has 0 spiro atoms. The van der Waals surface area contributed by atoms with Gasteiger partial charge in [-0.1, -0.05) is 11.6 Å². The van der Waals surface area contributed by atoms with E-state index in [4.69, 9.17) is 21.6 Å². The smallest absolute Gasteiger partial charge is 0.131 e. The van der Waals surface area contributed by atoms with Crippen LogP contribution in [0.5, 0.6) is 0 Å². The summed E-state index contributed by atoms with van der Waals surface area (Å²) in [5.74, 6) is 1.39. The van der Waals surface area contributed by atoms with Gasteiger partial charge in [-0.25, -0.2) is 4.98 Å². The standard InChI is InChI=1S/C14H16ClN3O/c1-9-8-19-3-2-18(9)14-6-10(5-13(15)17-14)12-4-11(12)7-16/h5-6,9,11-12H,2-4,8H2,1H3/t9-,11?,12?/m1/s1. The van der Waals surface area contributed by atoms with Gasteiger partial charge in [-0.15, -0.1) is 0 Å². The molecule has 2 heterocycles. The van der Waals surface area contributed by atoms with Crippen molar-refractivity contribution >= 4 is 17.4 Å². The number of nitrogens with zero attached hydrogens (tertiary/aromatic N) is 3. The average molecular weight is 278 g/mol. The molecule has 19 heavy (non-hydrogen) atoms. The summed E-state index contributed by atoms with van der Waals surface area (Å²) in [6.07, 6.45) is 0.939. The summed E-state index contributed by atoms with van der Waals surface area (Å²) in [6, 6.07) is 6.59. The van der Waals surface area contributed by atoms with Gasteiger partial charge in [-0.05, 0) is 31.0 Å². The maximum Gasteiger partial charge on any atom is 0.131 e. The van der Waals surface area contributed by atoms with Crippen LogP contribution in [0.3, 0.4) is 0 Å². The summed E-state index contributed by atoms with van der Waals surface area (Å²) in [7, 11) is 0. The number of hydrogen-bond donors (Lipinski definition) is 0. The maximum atomic E-state index is 8.94. The Labute approximate surface area is 117 Å². The van der Waals surface area contributed by atoms with E-state index >= 15 is 0 Å². The van der Waals surface area contributed by atoms with Crippen molar-refractivity contribution in [3.05, 3.63) is 22.8 Å². The van der Waals surface area contributed by atoms with Gasteiger partial charge in [0, 0.05) is 12.5 Å². The molecule has 5 heteroatoms. The minimum absolute atomic E-state index is 0.147. The third-order valence-corrected chi connectivity index (χ3v) is 4.04. The first kappa shape index (κ1) is 12.7. The Kier molecular flexibility index (Phi) is 3.34. The van der Waals surface area contributed by atoms with Gasteiger partial charge in [0.25, 0.3) is 0 Å². The Hall–Kier alpha value is -1.31. The highest BCUT2D eigenvalue weighted by atomic mass is 35.5. The van der Waals surface area contributed by atoms with Gasteiger partial charge < -0.3 is 9.64 Å². The molecular weight excluding hydrogens is 262 g/mol. The highest BCUT2D eigenvalue weighted by molar-refractivity contribution is 6.29. The zero-order valence-corrected chi connectivity index (χ0v) is 11.6. The van der Waals surface area contributed by atoms with Gasteiger partial charge in [0.15, 0.2) is 0 Å². The van der Waals surface area contributed by atoms with Gasteiger partial charge >= 0.3 is 0 Å². The lowest BCUT2D eigenvalue weighted by Crippen LogP contribution is -2.44. The molecule has 1 aromatic heterocycles. The van der Waals surface area contributed by atoms with Crippen molar-refractivity contribution in [3.8, 4) is 6.07 Å². The van der Waals surface area contributed by atoms with Crippen LogP contribution in [0.25, 0.3) is 0 Å². The Morgan fingerprint density at radius 1 is 1.53 bits per heavy atom. The monoisotopic (exact) mass is 277 g/mol. The zero-order chi connectivity index (χ0) is 13.4. The van der Waals surface area contributed by atoms with Gasteiger partial charge in [-0.2, -0.15) is 5.26 Å². The summed E-state index contributed by atoms with van der Waals surface area (Å²) in [4.78, 5) is 6.65. The van der Waals surface area contributed by atoms with E-state index in [1.807, 2.05) is 6.07 Å². The maximum absolute atomic E-state index is 8.94. The molecule has 0 radical (unpaired) electrons. The first-order chi connectivity index (χ1) is 9.19. The molecule has 0 amide bonds. The second-order valence-corrected chi connectivity index (χ2v) is 5.66. The first-order valence-electron chi connectivity index (χ1n) is 6.60. The normalized spacial score (nSPS) is 29.9. The van der Waals surface area contributed by atoms with Crippen LogP contribution in [0.4, 0.5) is 5.82 Å². The van der Waals surface area contributed by atoms with Crippen LogP contribution < -0.4 is 4.90 Å². The molecule has 4 nitrogen and oxygen atoms in total. The Balaban J connectivity index is 1.87. The molecular formula is C14H16ClN3O. The molecule has 0 aromatic carbocycles. The van der Waals surface area contributed by atoms with Crippen LogP contribution in [0, 0.1) is 17.2 Å². The number of morpholine rings is 1. The average Bonchev–Trinajstić information content (AvgIpc) is 3.18. The quantitative estimate of drug-likeness (QED) is 0.780. The second kappa shape index (κ2) is 4.99. The molecule has 1 aliphatic carbocycles. The predicted molar refractivity (Wildman–Crippen MR) is 73.3 cm³/mol. The minimum atomic E-state index is 0.147. The van der Waals surface area contributed by atoms with Crippen LogP contribution in [0.1, 0.15) is 24.8 Å². The molecule has 1 saturated carbocycles. The van der Waals surface area contributed by atoms with E-state index in [-0.39, 0.29) is 5.92 Å².